The number of aromatic nitrogens is 1. The van der Waals surface area contributed by atoms with Gasteiger partial charge in [0.2, 0.25) is 0 Å². The highest BCUT2D eigenvalue weighted by Gasteiger charge is 2.33. The molecule has 0 spiro atoms. The molecule has 34 heavy (non-hydrogen) atoms. The van der Waals surface area contributed by atoms with Crippen LogP contribution in [0.4, 0.5) is 29.7 Å². The molecule has 5 nitrogen and oxygen atoms in total. The lowest BCUT2D eigenvalue weighted by atomic mass is 10.1. The molecule has 0 saturated carbocycles. The molecule has 1 aromatic heterocycles. The van der Waals surface area contributed by atoms with Gasteiger partial charge in [0.15, 0.2) is 5.13 Å². The molecule has 0 radical (unpaired) electrons. The zero-order valence-corrected chi connectivity index (χ0v) is 19.2. The molecular formula is C24H17ClF3N3O2S. The monoisotopic (exact) mass is 503 g/mol. The van der Waals surface area contributed by atoms with Crippen LogP contribution >= 0.6 is 22.9 Å². The number of rotatable bonds is 6. The second-order valence-corrected chi connectivity index (χ2v) is 8.47. The van der Waals surface area contributed by atoms with Crippen LogP contribution < -0.4 is 15.4 Å². The molecule has 1 heterocycles. The molecular weight excluding hydrogens is 487 g/mol. The van der Waals surface area contributed by atoms with Crippen LogP contribution in [0, 0.1) is 0 Å². The second kappa shape index (κ2) is 9.74. The fourth-order valence-electron chi connectivity index (χ4n) is 3.13. The molecule has 0 bridgehead atoms. The number of nitrogens with one attached hydrogen (secondary N) is 2. The molecule has 0 atom stereocenters. The van der Waals surface area contributed by atoms with Crippen molar-refractivity contribution in [3.8, 4) is 17.0 Å². The minimum absolute atomic E-state index is 0.0289. The van der Waals surface area contributed by atoms with Crippen LogP contribution in [0.25, 0.3) is 11.3 Å². The maximum Gasteiger partial charge on any atom is 0.417 e. The second-order valence-electron chi connectivity index (χ2n) is 7.06. The number of ether oxygens (including phenoxy) is 1. The zero-order valence-electron chi connectivity index (χ0n) is 17.6. The number of nitrogens with zero attached hydrogens (tertiary/aromatic N) is 1. The molecule has 4 aromatic rings. The van der Waals surface area contributed by atoms with Gasteiger partial charge in [0.05, 0.1) is 23.4 Å². The number of methoxy groups -OCH3 is 1. The van der Waals surface area contributed by atoms with Crippen LogP contribution in [0.3, 0.4) is 0 Å². The van der Waals surface area contributed by atoms with Crippen molar-refractivity contribution in [2.45, 2.75) is 6.18 Å². The van der Waals surface area contributed by atoms with Gasteiger partial charge in [0.1, 0.15) is 10.6 Å². The predicted octanol–water partition coefficient (Wildman–Crippen LogP) is 7.49. The first-order valence-corrected chi connectivity index (χ1v) is 11.1. The normalized spacial score (nSPS) is 11.2. The van der Waals surface area contributed by atoms with Crippen molar-refractivity contribution in [1.82, 2.24) is 4.98 Å². The highest BCUT2D eigenvalue weighted by atomic mass is 35.5. The van der Waals surface area contributed by atoms with Crippen molar-refractivity contribution in [3.63, 3.8) is 0 Å². The number of benzene rings is 3. The number of carbonyl (C=O) groups excluding carboxylic acids is 1. The summed E-state index contributed by atoms with van der Waals surface area (Å²) in [6, 6.07) is 19.4. The van der Waals surface area contributed by atoms with Gasteiger partial charge in [-0.2, -0.15) is 13.2 Å². The molecule has 2 N–H and O–H groups in total. The Hall–Kier alpha value is -3.56. The van der Waals surface area contributed by atoms with Crippen LogP contribution in [0.5, 0.6) is 5.75 Å². The highest BCUT2D eigenvalue weighted by molar-refractivity contribution is 7.18. The Balaban J connectivity index is 1.66. The van der Waals surface area contributed by atoms with E-state index in [1.165, 1.54) is 6.07 Å². The van der Waals surface area contributed by atoms with E-state index < -0.39 is 22.7 Å². The minimum Gasteiger partial charge on any atom is -0.497 e. The summed E-state index contributed by atoms with van der Waals surface area (Å²) in [6.07, 6.45) is -4.65. The van der Waals surface area contributed by atoms with Crippen molar-refractivity contribution >= 4 is 45.4 Å². The highest BCUT2D eigenvalue weighted by Crippen LogP contribution is 2.37. The smallest absolute Gasteiger partial charge is 0.417 e. The number of thiazole rings is 1. The molecule has 1 amide bonds. The van der Waals surface area contributed by atoms with E-state index in [2.05, 4.69) is 15.6 Å². The summed E-state index contributed by atoms with van der Waals surface area (Å²) in [6.45, 7) is 0. The minimum atomic E-state index is -4.65. The van der Waals surface area contributed by atoms with E-state index in [0.29, 0.717) is 22.1 Å². The number of hydrogen-bond donors (Lipinski definition) is 2. The fraction of sp³-hybridized carbons (Fsp3) is 0.0833. The number of hydrogen-bond acceptors (Lipinski definition) is 5. The first kappa shape index (κ1) is 23.6. The average molecular weight is 504 g/mol. The molecule has 0 aliphatic rings. The third-order valence-corrected chi connectivity index (χ3v) is 6.05. The van der Waals surface area contributed by atoms with E-state index in [4.69, 9.17) is 16.3 Å². The van der Waals surface area contributed by atoms with Gasteiger partial charge in [-0.3, -0.25) is 4.79 Å². The molecule has 0 saturated heterocycles. The number of anilines is 3. The van der Waals surface area contributed by atoms with Gasteiger partial charge in [-0.1, -0.05) is 53.3 Å². The summed E-state index contributed by atoms with van der Waals surface area (Å²) in [5.41, 5.74) is 0.775. The van der Waals surface area contributed by atoms with E-state index in [-0.39, 0.29) is 10.6 Å². The molecule has 0 unspecified atom stereocenters. The van der Waals surface area contributed by atoms with Gasteiger partial charge in [-0.25, -0.2) is 4.98 Å². The van der Waals surface area contributed by atoms with Crippen LogP contribution in [-0.4, -0.2) is 18.0 Å². The molecule has 10 heteroatoms. The lowest BCUT2D eigenvalue weighted by Crippen LogP contribution is -2.13. The first-order chi connectivity index (χ1) is 16.2. The SMILES string of the molecule is COc1ccc(Nc2nc(-c3ccccc3)c(C(=O)Nc3ccc(Cl)c(C(F)(F)F)c3)s2)cc1. The largest absolute Gasteiger partial charge is 0.497 e. The average Bonchev–Trinajstić information content (AvgIpc) is 3.24. The van der Waals surface area contributed by atoms with E-state index in [1.54, 1.807) is 43.5 Å². The van der Waals surface area contributed by atoms with Gasteiger partial charge < -0.3 is 15.4 Å². The lowest BCUT2D eigenvalue weighted by molar-refractivity contribution is -0.137. The Morgan fingerprint density at radius 1 is 1.00 bits per heavy atom. The van der Waals surface area contributed by atoms with Crippen molar-refractivity contribution in [2.75, 3.05) is 17.7 Å². The van der Waals surface area contributed by atoms with Gasteiger partial charge >= 0.3 is 6.18 Å². The number of amides is 1. The van der Waals surface area contributed by atoms with E-state index in [1.807, 2.05) is 18.2 Å². The van der Waals surface area contributed by atoms with E-state index in [9.17, 15) is 18.0 Å². The Bertz CT molecular complexity index is 1310. The van der Waals surface area contributed by atoms with Gasteiger partial charge in [-0.15, -0.1) is 0 Å². The van der Waals surface area contributed by atoms with Crippen molar-refractivity contribution < 1.29 is 22.7 Å². The summed E-state index contributed by atoms with van der Waals surface area (Å²) >= 11 is 6.77. The maximum atomic E-state index is 13.2. The van der Waals surface area contributed by atoms with Gasteiger partial charge in [0, 0.05) is 16.9 Å². The Morgan fingerprint density at radius 3 is 2.32 bits per heavy atom. The third kappa shape index (κ3) is 5.32. The maximum absolute atomic E-state index is 13.2. The van der Waals surface area contributed by atoms with Crippen molar-refractivity contribution in [2.24, 2.45) is 0 Å². The summed E-state index contributed by atoms with van der Waals surface area (Å²) in [7, 11) is 1.57. The molecule has 4 rings (SSSR count). The van der Waals surface area contributed by atoms with Crippen LogP contribution in [0.1, 0.15) is 15.2 Å². The van der Waals surface area contributed by atoms with E-state index in [0.717, 1.165) is 29.2 Å². The number of alkyl halides is 3. The summed E-state index contributed by atoms with van der Waals surface area (Å²) in [5, 5.41) is 5.68. The predicted molar refractivity (Wildman–Crippen MR) is 128 cm³/mol. The van der Waals surface area contributed by atoms with Crippen LogP contribution in [-0.2, 0) is 6.18 Å². The number of carbonyl (C=O) groups is 1. The Kier molecular flexibility index (Phi) is 6.76. The Labute approximate surface area is 202 Å². The topological polar surface area (TPSA) is 63.2 Å². The molecule has 0 aliphatic carbocycles. The van der Waals surface area contributed by atoms with Crippen LogP contribution in [0.15, 0.2) is 72.8 Å². The van der Waals surface area contributed by atoms with Crippen molar-refractivity contribution in [3.05, 3.63) is 88.3 Å². The third-order valence-electron chi connectivity index (χ3n) is 4.75. The molecule has 3 aromatic carbocycles. The fourth-order valence-corrected chi connectivity index (χ4v) is 4.25. The van der Waals surface area contributed by atoms with Gasteiger partial charge in [0.25, 0.3) is 5.91 Å². The standard InChI is InChI=1S/C24H17ClF3N3O2S/c1-33-17-10-7-15(8-11-17)30-23-31-20(14-5-3-2-4-6-14)21(34-23)22(32)29-16-9-12-19(25)18(13-16)24(26,27)28/h2-13H,1H3,(H,29,32)(H,30,31). The molecule has 174 valence electrons. The Morgan fingerprint density at radius 2 is 1.68 bits per heavy atom. The van der Waals surface area contributed by atoms with E-state index >= 15 is 0 Å². The molecule has 0 aliphatic heterocycles. The lowest BCUT2D eigenvalue weighted by Gasteiger charge is -2.11. The van der Waals surface area contributed by atoms with Crippen molar-refractivity contribution in [1.29, 1.82) is 0 Å². The zero-order chi connectivity index (χ0) is 24.3. The summed E-state index contributed by atoms with van der Waals surface area (Å²) < 4.78 is 44.8. The van der Waals surface area contributed by atoms with Crippen LogP contribution in [0.2, 0.25) is 5.02 Å². The summed E-state index contributed by atoms with van der Waals surface area (Å²) in [5.74, 6) is 0.102. The molecule has 0 fully saturated rings. The van der Waals surface area contributed by atoms with Gasteiger partial charge in [-0.05, 0) is 42.5 Å². The summed E-state index contributed by atoms with van der Waals surface area (Å²) in [4.78, 5) is 17.9. The number of halogens is 4. The first-order valence-electron chi connectivity index (χ1n) is 9.90. The quantitative estimate of drug-likeness (QED) is 0.286.